The fourth-order valence-electron chi connectivity index (χ4n) is 0.471. The van der Waals surface area contributed by atoms with Crippen LogP contribution in [0, 0.1) is 5.92 Å². The molecule has 0 saturated carbocycles. The molecule has 0 fully saturated rings. The molecule has 0 aliphatic heterocycles. The zero-order valence-corrected chi connectivity index (χ0v) is 8.17. The molecule has 0 radical (unpaired) electrons. The zero-order valence-electron chi connectivity index (χ0n) is 6.60. The Labute approximate surface area is 72.5 Å². The summed E-state index contributed by atoms with van der Waals surface area (Å²) in [5.74, 6) is 2.26. The standard InChI is InChI=1S/C7H15ClOS/c1-7(5-8)6-9-3-4-10-2/h7H,3-6H2,1-2H3. The highest BCUT2D eigenvalue weighted by Gasteiger charge is 1.97. The van der Waals surface area contributed by atoms with Crippen molar-refractivity contribution in [3.05, 3.63) is 0 Å². The summed E-state index contributed by atoms with van der Waals surface area (Å²) in [5.41, 5.74) is 0. The van der Waals surface area contributed by atoms with Crippen molar-refractivity contribution in [2.24, 2.45) is 5.92 Å². The molecule has 0 aromatic rings. The molecule has 0 bridgehead atoms. The average molecular weight is 183 g/mol. The predicted molar refractivity (Wildman–Crippen MR) is 49.1 cm³/mol. The zero-order chi connectivity index (χ0) is 7.82. The topological polar surface area (TPSA) is 9.23 Å². The molecule has 0 aromatic carbocycles. The molecule has 3 heteroatoms. The average Bonchev–Trinajstić information content (AvgIpc) is 1.98. The molecule has 1 nitrogen and oxygen atoms in total. The lowest BCUT2D eigenvalue weighted by molar-refractivity contribution is 0.125. The molecule has 0 aliphatic carbocycles. The Balaban J connectivity index is 2.89. The van der Waals surface area contributed by atoms with Gasteiger partial charge in [-0.2, -0.15) is 11.8 Å². The third-order valence-electron chi connectivity index (χ3n) is 1.10. The van der Waals surface area contributed by atoms with Crippen LogP contribution in [-0.2, 0) is 4.74 Å². The Bertz CT molecular complexity index is 70.6. The molecule has 62 valence electrons. The second-order valence-corrected chi connectivity index (χ2v) is 3.62. The molecule has 0 spiro atoms. The fraction of sp³-hybridized carbons (Fsp3) is 1.00. The van der Waals surface area contributed by atoms with Crippen LogP contribution in [0.1, 0.15) is 6.92 Å². The van der Waals surface area contributed by atoms with Gasteiger partial charge in [0, 0.05) is 11.6 Å². The summed E-state index contributed by atoms with van der Waals surface area (Å²) in [6.07, 6.45) is 2.08. The van der Waals surface area contributed by atoms with Gasteiger partial charge in [-0.1, -0.05) is 6.92 Å². The summed E-state index contributed by atoms with van der Waals surface area (Å²) < 4.78 is 5.32. The van der Waals surface area contributed by atoms with Gasteiger partial charge in [-0.25, -0.2) is 0 Å². The summed E-state index contributed by atoms with van der Waals surface area (Å²) in [6.45, 7) is 3.73. The van der Waals surface area contributed by atoms with Gasteiger partial charge >= 0.3 is 0 Å². The predicted octanol–water partition coefficient (Wildman–Crippen LogP) is 2.24. The number of ether oxygens (including phenoxy) is 1. The van der Waals surface area contributed by atoms with Crippen molar-refractivity contribution in [1.82, 2.24) is 0 Å². The van der Waals surface area contributed by atoms with E-state index < -0.39 is 0 Å². The third-order valence-corrected chi connectivity index (χ3v) is 2.20. The molecule has 0 N–H and O–H groups in total. The van der Waals surface area contributed by atoms with Crippen LogP contribution >= 0.6 is 23.4 Å². The first kappa shape index (κ1) is 10.6. The van der Waals surface area contributed by atoms with E-state index in [2.05, 4.69) is 13.2 Å². The number of thioether (sulfide) groups is 1. The summed E-state index contributed by atoms with van der Waals surface area (Å²) in [5, 5.41) is 0. The molecule has 0 saturated heterocycles. The Kier molecular flexibility index (Phi) is 8.17. The number of hydrogen-bond donors (Lipinski definition) is 0. The quantitative estimate of drug-likeness (QED) is 0.461. The van der Waals surface area contributed by atoms with Gasteiger partial charge in [-0.05, 0) is 12.2 Å². The van der Waals surface area contributed by atoms with Crippen LogP contribution < -0.4 is 0 Å². The van der Waals surface area contributed by atoms with Crippen LogP contribution in [0.25, 0.3) is 0 Å². The van der Waals surface area contributed by atoms with E-state index in [0.29, 0.717) is 11.8 Å². The normalized spacial score (nSPS) is 13.5. The Morgan fingerprint density at radius 2 is 2.30 bits per heavy atom. The Hall–Kier alpha value is 0.600. The fourth-order valence-corrected chi connectivity index (χ4v) is 0.845. The maximum absolute atomic E-state index is 5.58. The summed E-state index contributed by atoms with van der Waals surface area (Å²) in [4.78, 5) is 0. The first-order chi connectivity index (χ1) is 4.81. The maximum Gasteiger partial charge on any atom is 0.0556 e. The summed E-state index contributed by atoms with van der Waals surface area (Å²) in [7, 11) is 0. The van der Waals surface area contributed by atoms with Gasteiger partial charge in [0.15, 0.2) is 0 Å². The smallest absolute Gasteiger partial charge is 0.0556 e. The second kappa shape index (κ2) is 7.70. The monoisotopic (exact) mass is 182 g/mol. The molecule has 0 amide bonds. The van der Waals surface area contributed by atoms with Crippen molar-refractivity contribution in [2.75, 3.05) is 31.1 Å². The molecular weight excluding hydrogens is 168 g/mol. The van der Waals surface area contributed by atoms with E-state index in [1.165, 1.54) is 0 Å². The van der Waals surface area contributed by atoms with E-state index in [0.717, 1.165) is 19.0 Å². The molecule has 0 rings (SSSR count). The van der Waals surface area contributed by atoms with Gasteiger partial charge < -0.3 is 4.74 Å². The van der Waals surface area contributed by atoms with E-state index >= 15 is 0 Å². The van der Waals surface area contributed by atoms with Crippen LogP contribution in [0.2, 0.25) is 0 Å². The number of alkyl halides is 1. The number of rotatable bonds is 6. The first-order valence-corrected chi connectivity index (χ1v) is 5.36. The number of halogens is 1. The van der Waals surface area contributed by atoms with Gasteiger partial charge in [0.05, 0.1) is 13.2 Å². The van der Waals surface area contributed by atoms with Gasteiger partial charge in [-0.3, -0.25) is 0 Å². The summed E-state index contributed by atoms with van der Waals surface area (Å²) in [6, 6.07) is 0. The highest BCUT2D eigenvalue weighted by atomic mass is 35.5. The third kappa shape index (κ3) is 6.72. The van der Waals surface area contributed by atoms with E-state index in [1.807, 2.05) is 0 Å². The van der Waals surface area contributed by atoms with Crippen molar-refractivity contribution in [2.45, 2.75) is 6.92 Å². The van der Waals surface area contributed by atoms with Crippen LogP contribution in [0.4, 0.5) is 0 Å². The lowest BCUT2D eigenvalue weighted by Crippen LogP contribution is -2.08. The van der Waals surface area contributed by atoms with E-state index in [4.69, 9.17) is 16.3 Å². The Morgan fingerprint density at radius 1 is 1.60 bits per heavy atom. The van der Waals surface area contributed by atoms with Gasteiger partial charge in [-0.15, -0.1) is 11.6 Å². The highest BCUT2D eigenvalue weighted by Crippen LogP contribution is 1.99. The maximum atomic E-state index is 5.58. The van der Waals surface area contributed by atoms with Crippen molar-refractivity contribution in [3.63, 3.8) is 0 Å². The van der Waals surface area contributed by atoms with Crippen LogP contribution in [-0.4, -0.2) is 31.1 Å². The van der Waals surface area contributed by atoms with E-state index in [9.17, 15) is 0 Å². The first-order valence-electron chi connectivity index (χ1n) is 3.44. The van der Waals surface area contributed by atoms with Crippen LogP contribution in [0.5, 0.6) is 0 Å². The lowest BCUT2D eigenvalue weighted by atomic mass is 10.2. The molecule has 0 aliphatic rings. The Morgan fingerprint density at radius 3 is 2.80 bits per heavy atom. The van der Waals surface area contributed by atoms with Gasteiger partial charge in [0.2, 0.25) is 0 Å². The van der Waals surface area contributed by atoms with Crippen molar-refractivity contribution >= 4 is 23.4 Å². The lowest BCUT2D eigenvalue weighted by Gasteiger charge is -2.06. The molecular formula is C7H15ClOS. The van der Waals surface area contributed by atoms with Gasteiger partial charge in [0.1, 0.15) is 0 Å². The van der Waals surface area contributed by atoms with Crippen molar-refractivity contribution in [3.8, 4) is 0 Å². The summed E-state index contributed by atoms with van der Waals surface area (Å²) >= 11 is 7.38. The molecule has 1 atom stereocenters. The van der Waals surface area contributed by atoms with Crippen molar-refractivity contribution in [1.29, 1.82) is 0 Å². The molecule has 0 aromatic heterocycles. The second-order valence-electron chi connectivity index (χ2n) is 2.33. The van der Waals surface area contributed by atoms with Crippen molar-refractivity contribution < 1.29 is 4.74 Å². The van der Waals surface area contributed by atoms with E-state index in [1.54, 1.807) is 11.8 Å². The minimum atomic E-state index is 0.489. The molecule has 1 unspecified atom stereocenters. The highest BCUT2D eigenvalue weighted by molar-refractivity contribution is 7.98. The van der Waals surface area contributed by atoms with Gasteiger partial charge in [0.25, 0.3) is 0 Å². The van der Waals surface area contributed by atoms with Crippen LogP contribution in [0.15, 0.2) is 0 Å². The number of hydrogen-bond acceptors (Lipinski definition) is 2. The molecule has 10 heavy (non-hydrogen) atoms. The largest absolute Gasteiger partial charge is 0.380 e. The minimum absolute atomic E-state index is 0.489. The SMILES string of the molecule is CSCCOCC(C)CCl. The van der Waals surface area contributed by atoms with E-state index in [-0.39, 0.29) is 0 Å². The molecule has 0 heterocycles. The van der Waals surface area contributed by atoms with Crippen LogP contribution in [0.3, 0.4) is 0 Å². The minimum Gasteiger partial charge on any atom is -0.380 e.